The van der Waals surface area contributed by atoms with Crippen molar-refractivity contribution in [3.05, 3.63) is 36.0 Å². The summed E-state index contributed by atoms with van der Waals surface area (Å²) >= 11 is 0. The zero-order valence-corrected chi connectivity index (χ0v) is 13.1. The monoisotopic (exact) mass is 264 g/mol. The summed E-state index contributed by atoms with van der Waals surface area (Å²) in [6.45, 7) is 10.2. The first-order chi connectivity index (χ1) is 9.19. The number of hydrogen-bond acceptors (Lipinski definition) is 3. The molecule has 0 bridgehead atoms. The highest BCUT2D eigenvalue weighted by molar-refractivity contribution is 5.84. The topological polar surface area (TPSA) is 59.1 Å². The van der Waals surface area contributed by atoms with Gasteiger partial charge in [-0.25, -0.2) is 4.98 Å². The van der Waals surface area contributed by atoms with Crippen molar-refractivity contribution < 1.29 is 5.11 Å². The predicted molar refractivity (Wildman–Crippen MR) is 85.6 cm³/mol. The van der Waals surface area contributed by atoms with Gasteiger partial charge in [-0.2, -0.15) is 0 Å². The second kappa shape index (κ2) is 12.8. The first-order valence-electron chi connectivity index (χ1n) is 6.82. The fourth-order valence-electron chi connectivity index (χ4n) is 1.23. The molecule has 0 aliphatic carbocycles. The molecule has 0 saturated heterocycles. The van der Waals surface area contributed by atoms with Gasteiger partial charge in [-0.1, -0.05) is 52.3 Å². The first-order valence-corrected chi connectivity index (χ1v) is 6.82. The zero-order chi connectivity index (χ0) is 15.3. The lowest BCUT2D eigenvalue weighted by Gasteiger charge is -1.99. The third-order valence-electron chi connectivity index (χ3n) is 1.84. The number of rotatable bonds is 0. The molecule has 3 nitrogen and oxygen atoms in total. The van der Waals surface area contributed by atoms with Gasteiger partial charge in [0.15, 0.2) is 0 Å². The number of aromatic hydroxyl groups is 1. The minimum absolute atomic E-state index is 0.246. The summed E-state index contributed by atoms with van der Waals surface area (Å²) in [4.78, 5) is 4.23. The Morgan fingerprint density at radius 3 is 2.11 bits per heavy atom. The van der Waals surface area contributed by atoms with Crippen LogP contribution in [-0.4, -0.2) is 17.1 Å². The van der Waals surface area contributed by atoms with E-state index in [0.717, 1.165) is 11.1 Å². The maximum Gasteiger partial charge on any atom is 0.141 e. The third-order valence-corrected chi connectivity index (χ3v) is 1.84. The molecule has 0 radical (unpaired) electrons. The van der Waals surface area contributed by atoms with E-state index >= 15 is 0 Å². The quantitative estimate of drug-likeness (QED) is 0.747. The van der Waals surface area contributed by atoms with Gasteiger partial charge in [-0.15, -0.1) is 0 Å². The third kappa shape index (κ3) is 7.42. The highest BCUT2D eigenvalue weighted by Gasteiger charge is 1.98. The number of phenols is 1. The van der Waals surface area contributed by atoms with E-state index in [1.54, 1.807) is 6.07 Å². The average Bonchev–Trinajstić information content (AvgIpc) is 2.45. The Morgan fingerprint density at radius 2 is 1.58 bits per heavy atom. The molecule has 108 valence electrons. The van der Waals surface area contributed by atoms with Crippen LogP contribution in [-0.2, 0) is 0 Å². The Morgan fingerprint density at radius 1 is 1.05 bits per heavy atom. The number of nitrogens with zero attached hydrogens (tertiary/aromatic N) is 1. The van der Waals surface area contributed by atoms with Gasteiger partial charge in [0, 0.05) is 11.1 Å². The van der Waals surface area contributed by atoms with Crippen molar-refractivity contribution in [2.24, 2.45) is 5.73 Å². The molecule has 0 unspecified atom stereocenters. The number of nitrogens with two attached hydrogens (primary N) is 1. The van der Waals surface area contributed by atoms with Crippen LogP contribution in [0.1, 0.15) is 39.8 Å². The van der Waals surface area contributed by atoms with Crippen molar-refractivity contribution in [2.75, 3.05) is 7.05 Å². The van der Waals surface area contributed by atoms with Gasteiger partial charge in [0.1, 0.15) is 11.3 Å². The summed E-state index contributed by atoms with van der Waals surface area (Å²) in [6.07, 6.45) is 1.25. The number of phenolic OH excluding ortho intramolecular Hbond substituents is 1. The Kier molecular flexibility index (Phi) is 13.3. The van der Waals surface area contributed by atoms with Crippen LogP contribution < -0.4 is 5.73 Å². The summed E-state index contributed by atoms with van der Waals surface area (Å²) in [5.41, 5.74) is 6.10. The largest absolute Gasteiger partial charge is 0.506 e. The second-order valence-electron chi connectivity index (χ2n) is 3.51. The molecule has 0 fully saturated rings. The Hall–Kier alpha value is -1.61. The van der Waals surface area contributed by atoms with Crippen LogP contribution in [0.4, 0.5) is 0 Å². The number of pyridine rings is 1. The van der Waals surface area contributed by atoms with Gasteiger partial charge >= 0.3 is 0 Å². The predicted octanol–water partition coefficient (Wildman–Crippen LogP) is 4.27. The standard InChI is InChI=1S/C10H9NO.C3H8.C2H6.CH5N/c1-7-5-6-8-3-2-4-9(12)10(8)11-7;1-3-2;2*1-2/h2-6,12H,1H3;3H2,1-2H3;1-2H3;2H2,1H3. The lowest BCUT2D eigenvalue weighted by molar-refractivity contribution is 0.480. The maximum absolute atomic E-state index is 9.43. The summed E-state index contributed by atoms with van der Waals surface area (Å²) in [7, 11) is 1.50. The van der Waals surface area contributed by atoms with Crippen LogP contribution in [0.15, 0.2) is 30.3 Å². The molecule has 0 aliphatic heterocycles. The minimum atomic E-state index is 0.246. The number of aryl methyl sites for hydroxylation is 1. The van der Waals surface area contributed by atoms with Crippen LogP contribution in [0, 0.1) is 6.92 Å². The summed E-state index contributed by atoms with van der Waals surface area (Å²) < 4.78 is 0. The van der Waals surface area contributed by atoms with Crippen molar-refractivity contribution in [2.45, 2.75) is 41.0 Å². The van der Waals surface area contributed by atoms with E-state index in [1.807, 2.05) is 45.0 Å². The van der Waals surface area contributed by atoms with Gasteiger partial charge < -0.3 is 10.8 Å². The molecule has 0 aliphatic rings. The molecule has 2 aromatic rings. The summed E-state index contributed by atoms with van der Waals surface area (Å²) in [6, 6.07) is 9.28. The SMILES string of the molecule is CC.CCC.CN.Cc1ccc2cccc(O)c2n1. The molecule has 1 heterocycles. The molecule has 0 atom stereocenters. The molecule has 3 N–H and O–H groups in total. The highest BCUT2D eigenvalue weighted by Crippen LogP contribution is 2.21. The Balaban J connectivity index is 0. The molecule has 1 aromatic carbocycles. The van der Waals surface area contributed by atoms with Crippen LogP contribution in [0.5, 0.6) is 5.75 Å². The number of benzene rings is 1. The highest BCUT2D eigenvalue weighted by atomic mass is 16.3. The molecule has 3 heteroatoms. The molecular weight excluding hydrogens is 236 g/mol. The minimum Gasteiger partial charge on any atom is -0.506 e. The van der Waals surface area contributed by atoms with Gasteiger partial charge in [0.05, 0.1) is 0 Å². The van der Waals surface area contributed by atoms with Crippen LogP contribution in [0.25, 0.3) is 10.9 Å². The number of fused-ring (bicyclic) bond motifs is 1. The number of para-hydroxylation sites is 1. The molecule has 0 saturated carbocycles. The fraction of sp³-hybridized carbons (Fsp3) is 0.438. The normalized spacial score (nSPS) is 8.16. The van der Waals surface area contributed by atoms with E-state index < -0.39 is 0 Å². The molecular formula is C16H28N2O. The number of aromatic nitrogens is 1. The first kappa shape index (κ1) is 19.7. The molecule has 2 rings (SSSR count). The van der Waals surface area contributed by atoms with Crippen LogP contribution >= 0.6 is 0 Å². The van der Waals surface area contributed by atoms with E-state index in [2.05, 4.69) is 24.6 Å². The van der Waals surface area contributed by atoms with Gasteiger partial charge in [0.2, 0.25) is 0 Å². The van der Waals surface area contributed by atoms with E-state index in [-0.39, 0.29) is 5.75 Å². The van der Waals surface area contributed by atoms with Crippen molar-refractivity contribution in [3.8, 4) is 5.75 Å². The summed E-state index contributed by atoms with van der Waals surface area (Å²) in [5, 5.41) is 10.4. The van der Waals surface area contributed by atoms with E-state index in [9.17, 15) is 5.11 Å². The van der Waals surface area contributed by atoms with E-state index in [4.69, 9.17) is 0 Å². The fourth-order valence-corrected chi connectivity index (χ4v) is 1.23. The van der Waals surface area contributed by atoms with Crippen LogP contribution in [0.3, 0.4) is 0 Å². The smallest absolute Gasteiger partial charge is 0.141 e. The van der Waals surface area contributed by atoms with E-state index in [0.29, 0.717) is 5.52 Å². The lowest BCUT2D eigenvalue weighted by atomic mass is 10.2. The van der Waals surface area contributed by atoms with Gasteiger partial charge in [0.25, 0.3) is 0 Å². The van der Waals surface area contributed by atoms with E-state index in [1.165, 1.54) is 13.5 Å². The zero-order valence-electron chi connectivity index (χ0n) is 13.1. The van der Waals surface area contributed by atoms with Crippen molar-refractivity contribution in [1.82, 2.24) is 4.98 Å². The Bertz CT molecular complexity index is 442. The molecule has 1 aromatic heterocycles. The Labute approximate surface area is 117 Å². The van der Waals surface area contributed by atoms with Crippen molar-refractivity contribution in [1.29, 1.82) is 0 Å². The second-order valence-corrected chi connectivity index (χ2v) is 3.51. The van der Waals surface area contributed by atoms with Crippen molar-refractivity contribution in [3.63, 3.8) is 0 Å². The number of hydrogen-bond donors (Lipinski definition) is 2. The average molecular weight is 264 g/mol. The summed E-state index contributed by atoms with van der Waals surface area (Å²) in [5.74, 6) is 0.246. The van der Waals surface area contributed by atoms with Gasteiger partial charge in [-0.05, 0) is 26.1 Å². The van der Waals surface area contributed by atoms with Crippen LogP contribution in [0.2, 0.25) is 0 Å². The molecule has 0 spiro atoms. The van der Waals surface area contributed by atoms with Gasteiger partial charge in [-0.3, -0.25) is 0 Å². The van der Waals surface area contributed by atoms with Crippen molar-refractivity contribution >= 4 is 10.9 Å². The lowest BCUT2D eigenvalue weighted by Crippen LogP contribution is -1.82. The molecule has 19 heavy (non-hydrogen) atoms. The molecule has 0 amide bonds. The maximum atomic E-state index is 9.43.